The van der Waals surface area contributed by atoms with Crippen LogP contribution in [0.15, 0.2) is 36.8 Å². The fourth-order valence-electron chi connectivity index (χ4n) is 4.59. The maximum atomic E-state index is 9.57. The summed E-state index contributed by atoms with van der Waals surface area (Å²) in [5.41, 5.74) is 3.31. The molecule has 3 aromatic heterocycles. The van der Waals surface area contributed by atoms with Crippen molar-refractivity contribution in [2.75, 3.05) is 30.5 Å². The van der Waals surface area contributed by atoms with E-state index >= 15 is 0 Å². The number of rotatable bonds is 8. The van der Waals surface area contributed by atoms with E-state index in [0.717, 1.165) is 48.7 Å². The van der Waals surface area contributed by atoms with E-state index in [4.69, 9.17) is 9.82 Å². The fraction of sp³-hybridized carbons (Fsp3) is 0.522. The molecule has 0 bridgehead atoms. The van der Waals surface area contributed by atoms with Crippen LogP contribution in [0.1, 0.15) is 55.6 Å². The number of hydrogen-bond donors (Lipinski definition) is 2. The predicted octanol–water partition coefficient (Wildman–Crippen LogP) is 2.31. The molecule has 8 nitrogen and oxygen atoms in total. The van der Waals surface area contributed by atoms with Crippen molar-refractivity contribution in [3.8, 4) is 0 Å². The molecule has 4 heterocycles. The van der Waals surface area contributed by atoms with Crippen molar-refractivity contribution in [1.82, 2.24) is 14.6 Å². The molecule has 31 heavy (non-hydrogen) atoms. The van der Waals surface area contributed by atoms with Gasteiger partial charge in [0, 0.05) is 53.7 Å². The van der Waals surface area contributed by atoms with Crippen molar-refractivity contribution in [2.45, 2.75) is 57.0 Å². The number of anilines is 2. The first-order chi connectivity index (χ1) is 15.3. The highest BCUT2D eigenvalue weighted by atomic mass is 16.6. The van der Waals surface area contributed by atoms with Crippen LogP contribution in [0.4, 0.5) is 11.6 Å². The van der Waals surface area contributed by atoms with Gasteiger partial charge in [-0.1, -0.05) is 0 Å². The Morgan fingerprint density at radius 1 is 1.29 bits per heavy atom. The topological polar surface area (TPSA) is 78.8 Å². The molecule has 8 heteroatoms. The monoisotopic (exact) mass is 423 g/mol. The second-order valence-electron chi connectivity index (χ2n) is 8.57. The zero-order valence-electron chi connectivity index (χ0n) is 18.1. The first kappa shape index (κ1) is 20.1. The maximum Gasteiger partial charge on any atom is 0.227 e. The Hall–Kier alpha value is -2.87. The summed E-state index contributed by atoms with van der Waals surface area (Å²) in [7, 11) is 1.65. The number of piperidine rings is 1. The molecule has 1 aliphatic heterocycles. The molecule has 5 rings (SSSR count). The van der Waals surface area contributed by atoms with Gasteiger partial charge in [0.15, 0.2) is 5.65 Å². The molecule has 0 amide bonds. The van der Waals surface area contributed by atoms with Crippen LogP contribution in [0.25, 0.3) is 5.65 Å². The van der Waals surface area contributed by atoms with Crippen molar-refractivity contribution in [1.29, 1.82) is 0 Å². The quantitative estimate of drug-likeness (QED) is 0.542. The van der Waals surface area contributed by atoms with Crippen LogP contribution in [0.2, 0.25) is 0 Å². The van der Waals surface area contributed by atoms with Crippen LogP contribution in [0.5, 0.6) is 0 Å². The number of fused-ring (bicyclic) bond motifs is 1. The summed E-state index contributed by atoms with van der Waals surface area (Å²) in [5, 5.41) is 17.8. The van der Waals surface area contributed by atoms with Gasteiger partial charge in [0.05, 0.1) is 6.20 Å². The Morgan fingerprint density at radius 3 is 3.00 bits per heavy atom. The van der Waals surface area contributed by atoms with E-state index in [1.54, 1.807) is 11.8 Å². The molecule has 0 unspecified atom stereocenters. The highest BCUT2D eigenvalue weighted by Gasteiger charge is 2.30. The Labute approximate surface area is 182 Å². The van der Waals surface area contributed by atoms with E-state index in [9.17, 15) is 5.11 Å². The molecule has 1 saturated carbocycles. The van der Waals surface area contributed by atoms with E-state index in [2.05, 4.69) is 27.4 Å². The average molecular weight is 424 g/mol. The summed E-state index contributed by atoms with van der Waals surface area (Å²) in [6, 6.07) is 6.49. The first-order valence-electron chi connectivity index (χ1n) is 11.3. The fourth-order valence-corrected chi connectivity index (χ4v) is 4.59. The van der Waals surface area contributed by atoms with Crippen molar-refractivity contribution < 1.29 is 14.7 Å². The first-order valence-corrected chi connectivity index (χ1v) is 11.3. The summed E-state index contributed by atoms with van der Waals surface area (Å²) in [6.07, 6.45) is 12.5. The molecule has 1 aliphatic carbocycles. The largest absolute Gasteiger partial charge is 0.396 e. The third kappa shape index (κ3) is 4.17. The second-order valence-corrected chi connectivity index (χ2v) is 8.57. The van der Waals surface area contributed by atoms with Gasteiger partial charge < -0.3 is 15.3 Å². The van der Waals surface area contributed by atoms with Gasteiger partial charge >= 0.3 is 0 Å². The average Bonchev–Trinajstić information content (AvgIpc) is 3.56. The summed E-state index contributed by atoms with van der Waals surface area (Å²) >= 11 is 0. The lowest BCUT2D eigenvalue weighted by atomic mass is 9.99. The van der Waals surface area contributed by atoms with Gasteiger partial charge in [-0.25, -0.2) is 4.98 Å². The molecule has 2 N–H and O–H groups in total. The number of nitrogens with one attached hydrogen (secondary N) is 1. The van der Waals surface area contributed by atoms with E-state index in [0.29, 0.717) is 18.5 Å². The minimum absolute atomic E-state index is 0.210. The number of nitrogens with zero attached hydrogens (tertiary/aromatic N) is 5. The van der Waals surface area contributed by atoms with Crippen LogP contribution in [-0.4, -0.2) is 46.0 Å². The van der Waals surface area contributed by atoms with Crippen LogP contribution in [-0.2, 0) is 6.54 Å². The molecule has 2 aliphatic rings. The Balaban J connectivity index is 1.50. The van der Waals surface area contributed by atoms with E-state index in [1.165, 1.54) is 24.8 Å². The SMILES string of the molecule is CO[n+]1cccc(CNc2cc(N3CCCC[C@H]3CCO)nc3c(C4CC4)cnn23)c1. The molecule has 1 atom stereocenters. The predicted molar refractivity (Wildman–Crippen MR) is 118 cm³/mol. The van der Waals surface area contributed by atoms with Gasteiger partial charge in [-0.15, -0.1) is 0 Å². The van der Waals surface area contributed by atoms with Gasteiger partial charge in [0.1, 0.15) is 18.7 Å². The molecule has 2 fully saturated rings. The third-order valence-electron chi connectivity index (χ3n) is 6.41. The van der Waals surface area contributed by atoms with E-state index < -0.39 is 0 Å². The van der Waals surface area contributed by atoms with Gasteiger partial charge in [-0.2, -0.15) is 9.61 Å². The highest BCUT2D eigenvalue weighted by Crippen LogP contribution is 2.42. The van der Waals surface area contributed by atoms with Crippen molar-refractivity contribution >= 4 is 17.3 Å². The van der Waals surface area contributed by atoms with E-state index in [-0.39, 0.29) is 6.61 Å². The Kier molecular flexibility index (Phi) is 5.63. The molecule has 0 aromatic carbocycles. The minimum atomic E-state index is 0.210. The molecular weight excluding hydrogens is 392 g/mol. The van der Waals surface area contributed by atoms with E-state index in [1.807, 2.05) is 29.2 Å². The summed E-state index contributed by atoms with van der Waals surface area (Å²) < 4.78 is 3.63. The highest BCUT2D eigenvalue weighted by molar-refractivity contribution is 5.62. The van der Waals surface area contributed by atoms with Gasteiger partial charge in [-0.3, -0.25) is 4.84 Å². The minimum Gasteiger partial charge on any atom is -0.396 e. The number of hydrogen-bond acceptors (Lipinski definition) is 6. The van der Waals surface area contributed by atoms with Crippen LogP contribution in [0.3, 0.4) is 0 Å². The number of aliphatic hydroxyl groups is 1. The van der Waals surface area contributed by atoms with Gasteiger partial charge in [0.25, 0.3) is 0 Å². The standard InChI is InChI=1S/C23H31N6O2/c1-31-27-10-4-5-17(16-27)14-24-21-13-22(28-11-3-2-6-19(28)9-12-30)26-23-20(18-7-8-18)15-25-29(21)23/h4-5,10,13,15-16,18-19,24,30H,2-3,6-9,11-12,14H2,1H3/q+1/t19-/m0/s1. The second kappa shape index (κ2) is 8.70. The number of pyridine rings is 1. The van der Waals surface area contributed by atoms with Crippen LogP contribution >= 0.6 is 0 Å². The van der Waals surface area contributed by atoms with Gasteiger partial charge in [-0.05, 0) is 50.5 Å². The zero-order chi connectivity index (χ0) is 21.2. The molecule has 0 spiro atoms. The lowest BCUT2D eigenvalue weighted by Crippen LogP contribution is -2.40. The molecule has 3 aromatic rings. The molecule has 164 valence electrons. The number of aromatic nitrogens is 4. The van der Waals surface area contributed by atoms with Gasteiger partial charge in [0.2, 0.25) is 12.4 Å². The van der Waals surface area contributed by atoms with Crippen molar-refractivity contribution in [2.24, 2.45) is 0 Å². The molecular formula is C23H31N6O2+. The molecule has 0 radical (unpaired) electrons. The smallest absolute Gasteiger partial charge is 0.227 e. The molecule has 1 saturated heterocycles. The van der Waals surface area contributed by atoms with Crippen LogP contribution in [0, 0.1) is 0 Å². The zero-order valence-corrected chi connectivity index (χ0v) is 18.1. The van der Waals surface area contributed by atoms with Crippen LogP contribution < -0.4 is 19.8 Å². The van der Waals surface area contributed by atoms with Crippen molar-refractivity contribution in [3.05, 3.63) is 47.9 Å². The summed E-state index contributed by atoms with van der Waals surface area (Å²) in [4.78, 5) is 12.7. The third-order valence-corrected chi connectivity index (χ3v) is 6.41. The normalized spacial score (nSPS) is 19.0. The Morgan fingerprint density at radius 2 is 2.19 bits per heavy atom. The maximum absolute atomic E-state index is 9.57. The summed E-state index contributed by atoms with van der Waals surface area (Å²) in [6.45, 7) is 1.84. The van der Waals surface area contributed by atoms with Crippen molar-refractivity contribution in [3.63, 3.8) is 0 Å². The lowest BCUT2D eigenvalue weighted by Gasteiger charge is -2.36. The lowest BCUT2D eigenvalue weighted by molar-refractivity contribution is -0.885. The number of aliphatic hydroxyl groups excluding tert-OH is 1. The Bertz CT molecular complexity index is 1050. The summed E-state index contributed by atoms with van der Waals surface area (Å²) in [5.74, 6) is 2.50.